The molecule has 1 saturated heterocycles. The highest BCUT2D eigenvalue weighted by molar-refractivity contribution is 5.97. The first-order valence-electron chi connectivity index (χ1n) is 9.44. The predicted octanol–water partition coefficient (Wildman–Crippen LogP) is 2.01. The van der Waals surface area contributed by atoms with Crippen LogP contribution < -0.4 is 0 Å². The summed E-state index contributed by atoms with van der Waals surface area (Å²) in [5.74, 6) is 1.14. The van der Waals surface area contributed by atoms with Crippen LogP contribution >= 0.6 is 0 Å². The third-order valence-corrected chi connectivity index (χ3v) is 5.09. The maximum atomic E-state index is 13.0. The summed E-state index contributed by atoms with van der Waals surface area (Å²) in [7, 11) is 0. The van der Waals surface area contributed by atoms with Crippen molar-refractivity contribution in [2.45, 2.75) is 46.6 Å². The van der Waals surface area contributed by atoms with Crippen LogP contribution in [0.4, 0.5) is 0 Å². The van der Waals surface area contributed by atoms with Gasteiger partial charge in [0.25, 0.3) is 5.91 Å². The van der Waals surface area contributed by atoms with Crippen LogP contribution in [0.2, 0.25) is 0 Å². The maximum Gasteiger partial charge on any atom is 0.254 e. The van der Waals surface area contributed by atoms with Gasteiger partial charge in [0.15, 0.2) is 5.82 Å². The largest absolute Gasteiger partial charge is 0.508 e. The number of rotatable bonds is 4. The SMILES string of the molecule is Cc1noc(CCC(=O)N2CCN(C(=O)c3c(C)cc(O)cc3C)CC2C)n1. The number of hydrogen-bond acceptors (Lipinski definition) is 6. The Balaban J connectivity index is 1.61. The number of aromatic hydroxyl groups is 1. The smallest absolute Gasteiger partial charge is 0.254 e. The second-order valence-corrected chi connectivity index (χ2v) is 7.38. The number of piperazine rings is 1. The average Bonchev–Trinajstić information content (AvgIpc) is 3.04. The fourth-order valence-corrected chi connectivity index (χ4v) is 3.75. The molecule has 150 valence electrons. The molecule has 0 spiro atoms. The Kier molecular flexibility index (Phi) is 5.67. The Bertz CT molecular complexity index is 869. The number of benzene rings is 1. The maximum absolute atomic E-state index is 13.0. The van der Waals surface area contributed by atoms with Gasteiger partial charge in [0.2, 0.25) is 11.8 Å². The van der Waals surface area contributed by atoms with Gasteiger partial charge in [-0.2, -0.15) is 4.98 Å². The van der Waals surface area contributed by atoms with E-state index in [2.05, 4.69) is 10.1 Å². The molecule has 1 unspecified atom stereocenters. The van der Waals surface area contributed by atoms with Crippen LogP contribution in [0.1, 0.15) is 46.5 Å². The van der Waals surface area contributed by atoms with E-state index < -0.39 is 0 Å². The molecule has 3 rings (SSSR count). The van der Waals surface area contributed by atoms with Crippen LogP contribution in [0.5, 0.6) is 5.75 Å². The van der Waals surface area contributed by atoms with Gasteiger partial charge < -0.3 is 19.4 Å². The molecule has 2 heterocycles. The Morgan fingerprint density at radius 2 is 1.89 bits per heavy atom. The quantitative estimate of drug-likeness (QED) is 0.863. The molecule has 1 N–H and O–H groups in total. The summed E-state index contributed by atoms with van der Waals surface area (Å²) in [6.07, 6.45) is 0.716. The fourth-order valence-electron chi connectivity index (χ4n) is 3.75. The molecule has 0 aliphatic carbocycles. The minimum atomic E-state index is -0.0765. The van der Waals surface area contributed by atoms with Gasteiger partial charge in [-0.05, 0) is 51.0 Å². The van der Waals surface area contributed by atoms with E-state index in [9.17, 15) is 14.7 Å². The van der Waals surface area contributed by atoms with Gasteiger partial charge in [-0.25, -0.2) is 0 Å². The van der Waals surface area contributed by atoms with Crippen molar-refractivity contribution in [3.05, 3.63) is 40.5 Å². The third kappa shape index (κ3) is 4.16. The number of nitrogens with zero attached hydrogens (tertiary/aromatic N) is 4. The van der Waals surface area contributed by atoms with Gasteiger partial charge in [-0.3, -0.25) is 9.59 Å². The standard InChI is InChI=1S/C20H26N4O4/c1-12-9-16(25)10-13(2)19(12)20(27)23-7-8-24(14(3)11-23)18(26)6-5-17-21-15(4)22-28-17/h9-10,14,25H,5-8,11H2,1-4H3. The van der Waals surface area contributed by atoms with Gasteiger partial charge in [-0.15, -0.1) is 0 Å². The molecule has 28 heavy (non-hydrogen) atoms. The van der Waals surface area contributed by atoms with Crippen molar-refractivity contribution in [1.82, 2.24) is 19.9 Å². The van der Waals surface area contributed by atoms with Crippen LogP contribution in [-0.4, -0.2) is 62.5 Å². The molecule has 2 aromatic rings. The topological polar surface area (TPSA) is 99.8 Å². The molecule has 1 fully saturated rings. The Morgan fingerprint density at radius 1 is 1.21 bits per heavy atom. The zero-order valence-corrected chi connectivity index (χ0v) is 16.7. The lowest BCUT2D eigenvalue weighted by Gasteiger charge is -2.40. The van der Waals surface area contributed by atoms with E-state index in [1.54, 1.807) is 24.0 Å². The summed E-state index contributed by atoms with van der Waals surface area (Å²) in [5.41, 5.74) is 2.13. The molecule has 1 aliphatic heterocycles. The highest BCUT2D eigenvalue weighted by Crippen LogP contribution is 2.23. The molecule has 0 saturated carbocycles. The van der Waals surface area contributed by atoms with Crippen molar-refractivity contribution in [1.29, 1.82) is 0 Å². The molecule has 0 bridgehead atoms. The summed E-state index contributed by atoms with van der Waals surface area (Å²) in [4.78, 5) is 33.3. The Hall–Kier alpha value is -2.90. The minimum Gasteiger partial charge on any atom is -0.508 e. The number of carbonyl (C=O) groups excluding carboxylic acids is 2. The van der Waals surface area contributed by atoms with E-state index in [-0.39, 0.29) is 23.6 Å². The molecule has 8 heteroatoms. The lowest BCUT2D eigenvalue weighted by atomic mass is 10.00. The number of hydrogen-bond donors (Lipinski definition) is 1. The molecule has 0 radical (unpaired) electrons. The first kappa shape index (κ1) is 19.9. The zero-order valence-electron chi connectivity index (χ0n) is 16.7. The number of aromatic nitrogens is 2. The van der Waals surface area contributed by atoms with E-state index >= 15 is 0 Å². The van der Waals surface area contributed by atoms with Gasteiger partial charge in [0.05, 0.1) is 0 Å². The molecule has 1 atom stereocenters. The summed E-state index contributed by atoms with van der Waals surface area (Å²) in [6, 6.07) is 3.12. The molecule has 2 amide bonds. The molecule has 1 aromatic heterocycles. The number of phenols is 1. The molecule has 8 nitrogen and oxygen atoms in total. The van der Waals surface area contributed by atoms with E-state index in [1.165, 1.54) is 0 Å². The monoisotopic (exact) mass is 386 g/mol. The first-order valence-corrected chi connectivity index (χ1v) is 9.44. The average molecular weight is 386 g/mol. The van der Waals surface area contributed by atoms with E-state index in [0.717, 1.165) is 11.1 Å². The molecule has 1 aromatic carbocycles. The summed E-state index contributed by atoms with van der Waals surface area (Å²) >= 11 is 0. The lowest BCUT2D eigenvalue weighted by Crippen LogP contribution is -2.55. The highest BCUT2D eigenvalue weighted by Gasteiger charge is 2.31. The number of amides is 2. The van der Waals surface area contributed by atoms with Crippen molar-refractivity contribution in [3.63, 3.8) is 0 Å². The summed E-state index contributed by atoms with van der Waals surface area (Å²) < 4.78 is 5.05. The van der Waals surface area contributed by atoms with Gasteiger partial charge in [-0.1, -0.05) is 5.16 Å². The number of phenolic OH excluding ortho intramolecular Hbond substituents is 1. The van der Waals surface area contributed by atoms with E-state index in [1.807, 2.05) is 25.7 Å². The van der Waals surface area contributed by atoms with Crippen LogP contribution in [0.15, 0.2) is 16.7 Å². The lowest BCUT2D eigenvalue weighted by molar-refractivity contribution is -0.135. The number of aryl methyl sites for hydroxylation is 4. The van der Waals surface area contributed by atoms with Gasteiger partial charge in [0, 0.05) is 44.1 Å². The zero-order chi connectivity index (χ0) is 20.4. The van der Waals surface area contributed by atoms with Gasteiger partial charge >= 0.3 is 0 Å². The molecule has 1 aliphatic rings. The summed E-state index contributed by atoms with van der Waals surface area (Å²) in [6.45, 7) is 8.78. The first-order chi connectivity index (χ1) is 13.3. The van der Waals surface area contributed by atoms with Crippen LogP contribution in [0, 0.1) is 20.8 Å². The van der Waals surface area contributed by atoms with E-state index in [0.29, 0.717) is 49.8 Å². The Morgan fingerprint density at radius 3 is 2.46 bits per heavy atom. The summed E-state index contributed by atoms with van der Waals surface area (Å²) in [5, 5.41) is 13.4. The third-order valence-electron chi connectivity index (χ3n) is 5.09. The second-order valence-electron chi connectivity index (χ2n) is 7.38. The number of carbonyl (C=O) groups is 2. The van der Waals surface area contributed by atoms with Crippen molar-refractivity contribution < 1.29 is 19.2 Å². The van der Waals surface area contributed by atoms with E-state index in [4.69, 9.17) is 4.52 Å². The van der Waals surface area contributed by atoms with Crippen molar-refractivity contribution >= 4 is 11.8 Å². The molecular weight excluding hydrogens is 360 g/mol. The fraction of sp³-hybridized carbons (Fsp3) is 0.500. The van der Waals surface area contributed by atoms with Crippen molar-refractivity contribution in [2.24, 2.45) is 0 Å². The normalized spacial score (nSPS) is 17.1. The van der Waals surface area contributed by atoms with Crippen LogP contribution in [0.25, 0.3) is 0 Å². The predicted molar refractivity (Wildman–Crippen MR) is 102 cm³/mol. The second kappa shape index (κ2) is 8.00. The molecular formula is C20H26N4O4. The minimum absolute atomic E-state index is 0.0208. The highest BCUT2D eigenvalue weighted by atomic mass is 16.5. The van der Waals surface area contributed by atoms with Crippen molar-refractivity contribution in [3.8, 4) is 5.75 Å². The van der Waals surface area contributed by atoms with Crippen LogP contribution in [0.3, 0.4) is 0 Å². The Labute approximate surface area is 164 Å². The van der Waals surface area contributed by atoms with Crippen molar-refractivity contribution in [2.75, 3.05) is 19.6 Å². The van der Waals surface area contributed by atoms with Crippen LogP contribution in [-0.2, 0) is 11.2 Å². The van der Waals surface area contributed by atoms with Gasteiger partial charge in [0.1, 0.15) is 5.75 Å².